The zero-order valence-electron chi connectivity index (χ0n) is 9.48. The molecular formula is C14H16BaMgO4. The van der Waals surface area contributed by atoms with Crippen LogP contribution in [0.3, 0.4) is 0 Å². The Kier molecular flexibility index (Phi) is 13.7. The second-order valence-corrected chi connectivity index (χ2v) is 3.34. The molecule has 0 atom stereocenters. The van der Waals surface area contributed by atoms with Crippen molar-refractivity contribution in [3.8, 4) is 0 Å². The van der Waals surface area contributed by atoms with Gasteiger partial charge in [0.05, 0.1) is 11.1 Å². The molecule has 0 aliphatic heterocycles. The molecule has 2 aromatic carbocycles. The van der Waals surface area contributed by atoms with Crippen molar-refractivity contribution < 1.29 is 19.8 Å². The summed E-state index contributed by atoms with van der Waals surface area (Å²) in [5.74, 6) is -1.76. The summed E-state index contributed by atoms with van der Waals surface area (Å²) >= 11 is 0. The first-order valence-electron chi connectivity index (χ1n) is 5.18. The Balaban J connectivity index is 0. The molecule has 0 saturated heterocycles. The summed E-state index contributed by atoms with van der Waals surface area (Å²) in [6.07, 6.45) is 0. The van der Waals surface area contributed by atoms with Gasteiger partial charge in [-0.05, 0) is 24.3 Å². The molecule has 0 spiro atoms. The van der Waals surface area contributed by atoms with E-state index < -0.39 is 11.9 Å². The van der Waals surface area contributed by atoms with Gasteiger partial charge in [0, 0.05) is 0 Å². The van der Waals surface area contributed by atoms with Crippen molar-refractivity contribution in [2.24, 2.45) is 0 Å². The summed E-state index contributed by atoms with van der Waals surface area (Å²) < 4.78 is 0. The van der Waals surface area contributed by atoms with Gasteiger partial charge >= 0.3 is 83.9 Å². The fourth-order valence-electron chi connectivity index (χ4n) is 1.16. The summed E-state index contributed by atoms with van der Waals surface area (Å²) in [5.41, 5.74) is 0.662. The van der Waals surface area contributed by atoms with Crippen LogP contribution in [0.1, 0.15) is 20.7 Å². The van der Waals surface area contributed by atoms with E-state index in [1.807, 2.05) is 0 Å². The van der Waals surface area contributed by atoms with Crippen LogP contribution in [0.4, 0.5) is 0 Å². The largest absolute Gasteiger partial charge is 0.316 e. The van der Waals surface area contributed by atoms with Gasteiger partial charge < -0.3 is 10.2 Å². The monoisotopic (exact) mass is 410 g/mol. The van der Waals surface area contributed by atoms with Gasteiger partial charge in [0.1, 0.15) is 0 Å². The van der Waals surface area contributed by atoms with Crippen molar-refractivity contribution in [3.63, 3.8) is 0 Å². The summed E-state index contributed by atoms with van der Waals surface area (Å²) in [6, 6.07) is 16.6. The molecule has 20 heavy (non-hydrogen) atoms. The van der Waals surface area contributed by atoms with Crippen molar-refractivity contribution in [1.29, 1.82) is 0 Å². The first kappa shape index (κ1) is 22.0. The summed E-state index contributed by atoms with van der Waals surface area (Å²) in [4.78, 5) is 20.4. The minimum Gasteiger partial charge on any atom is 0.316 e. The second-order valence-electron chi connectivity index (χ2n) is 3.34. The van der Waals surface area contributed by atoms with Crippen LogP contribution in [0, 0.1) is 0 Å². The molecule has 100 valence electrons. The maximum atomic E-state index is 10.2. The molecule has 0 saturated carbocycles. The zero-order valence-corrected chi connectivity index (χ0v) is 9.48. The average molecular weight is 410 g/mol. The van der Waals surface area contributed by atoms with Crippen LogP contribution in [-0.4, -0.2) is 94.1 Å². The number of hydrogen-bond donors (Lipinski definition) is 2. The number of rotatable bonds is 2. The molecule has 0 aliphatic carbocycles. The molecule has 0 radical (unpaired) electrons. The van der Waals surface area contributed by atoms with Gasteiger partial charge in [-0.25, -0.2) is 9.59 Å². The maximum Gasteiger partial charge on any atom is 0.316 e. The van der Waals surface area contributed by atoms with E-state index in [2.05, 4.69) is 0 Å². The first-order valence-corrected chi connectivity index (χ1v) is 5.18. The third-order valence-corrected chi connectivity index (χ3v) is 2.04. The predicted molar refractivity (Wildman–Crippen MR) is 83.9 cm³/mol. The molecule has 0 unspecified atom stereocenters. The Labute approximate surface area is 173 Å². The number of carboxylic acid groups (broad SMARTS) is 2. The minimum atomic E-state index is -0.879. The Morgan fingerprint density at radius 2 is 0.900 bits per heavy atom. The quantitative estimate of drug-likeness (QED) is 0.724. The van der Waals surface area contributed by atoms with Gasteiger partial charge in [0.15, 0.2) is 0 Å². The van der Waals surface area contributed by atoms with Crippen LogP contribution in [0.25, 0.3) is 0 Å². The van der Waals surface area contributed by atoms with Crippen LogP contribution in [0.5, 0.6) is 0 Å². The molecular weight excluding hydrogens is 394 g/mol. The Morgan fingerprint density at radius 1 is 0.650 bits per heavy atom. The van der Waals surface area contributed by atoms with E-state index >= 15 is 0 Å². The van der Waals surface area contributed by atoms with Crippen LogP contribution >= 0.6 is 0 Å². The van der Waals surface area contributed by atoms with Gasteiger partial charge in [0.25, 0.3) is 0 Å². The molecule has 2 N–H and O–H groups in total. The third kappa shape index (κ3) is 8.80. The van der Waals surface area contributed by atoms with Crippen molar-refractivity contribution in [2.45, 2.75) is 0 Å². The van der Waals surface area contributed by atoms with E-state index in [1.165, 1.54) is 0 Å². The summed E-state index contributed by atoms with van der Waals surface area (Å²) in [7, 11) is 0. The van der Waals surface area contributed by atoms with Crippen molar-refractivity contribution >= 4 is 83.9 Å². The average Bonchev–Trinajstić information content (AvgIpc) is 2.41. The fourth-order valence-corrected chi connectivity index (χ4v) is 1.16. The van der Waals surface area contributed by atoms with Crippen molar-refractivity contribution in [2.75, 3.05) is 0 Å². The number of carboxylic acids is 2. The maximum absolute atomic E-state index is 10.2. The second kappa shape index (κ2) is 12.5. The number of benzene rings is 2. The Hall–Kier alpha value is -0.282. The normalized spacial score (nSPS) is 8.00. The molecule has 0 aromatic heterocycles. The molecule has 0 amide bonds. The van der Waals surface area contributed by atoms with Crippen molar-refractivity contribution in [3.05, 3.63) is 71.8 Å². The summed E-state index contributed by atoms with van der Waals surface area (Å²) in [5, 5.41) is 16.8. The molecule has 2 aromatic rings. The van der Waals surface area contributed by atoms with E-state index in [0.29, 0.717) is 11.1 Å². The predicted octanol–water partition coefficient (Wildman–Crippen LogP) is 0.937. The molecule has 6 heteroatoms. The Bertz CT molecular complexity index is 468. The standard InChI is InChI=1S/2C7H6O2.Ba.Mg.4H/c2*8-7(9)6-4-2-1-3-5-6;;;;;;/h2*1-5H,(H,8,9);;;;;;. The van der Waals surface area contributed by atoms with Crippen LogP contribution in [-0.2, 0) is 0 Å². The van der Waals surface area contributed by atoms with Crippen LogP contribution in [0.15, 0.2) is 60.7 Å². The molecule has 0 heterocycles. The van der Waals surface area contributed by atoms with Gasteiger partial charge in [-0.2, -0.15) is 0 Å². The molecule has 0 aliphatic rings. The molecule has 4 nitrogen and oxygen atoms in total. The van der Waals surface area contributed by atoms with Crippen molar-refractivity contribution in [1.82, 2.24) is 0 Å². The van der Waals surface area contributed by atoms with Gasteiger partial charge in [-0.15, -0.1) is 0 Å². The third-order valence-electron chi connectivity index (χ3n) is 2.04. The van der Waals surface area contributed by atoms with Gasteiger partial charge in [-0.3, -0.25) is 0 Å². The van der Waals surface area contributed by atoms with Crippen LogP contribution in [0.2, 0.25) is 0 Å². The smallest absolute Gasteiger partial charge is 0.316 e. The molecule has 2 rings (SSSR count). The number of hydrogen-bond acceptors (Lipinski definition) is 2. The van der Waals surface area contributed by atoms with E-state index in [9.17, 15) is 9.59 Å². The van der Waals surface area contributed by atoms with E-state index in [0.717, 1.165) is 0 Å². The van der Waals surface area contributed by atoms with E-state index in [-0.39, 0.29) is 71.9 Å². The summed E-state index contributed by atoms with van der Waals surface area (Å²) in [6.45, 7) is 0. The first-order chi connectivity index (χ1) is 8.61. The number of aromatic carboxylic acids is 2. The van der Waals surface area contributed by atoms with Crippen LogP contribution < -0.4 is 0 Å². The SMILES string of the molecule is O=C(O)c1ccccc1.O=C(O)c1ccccc1.[BaH2].[MgH2]. The molecule has 0 bridgehead atoms. The Morgan fingerprint density at radius 3 is 1.05 bits per heavy atom. The van der Waals surface area contributed by atoms with Gasteiger partial charge in [-0.1, -0.05) is 36.4 Å². The van der Waals surface area contributed by atoms with E-state index in [1.54, 1.807) is 60.7 Å². The number of carbonyl (C=O) groups is 2. The van der Waals surface area contributed by atoms with E-state index in [4.69, 9.17) is 10.2 Å². The molecule has 0 fully saturated rings. The topological polar surface area (TPSA) is 74.6 Å². The minimum absolute atomic E-state index is 0. The zero-order chi connectivity index (χ0) is 13.4. The van der Waals surface area contributed by atoms with Gasteiger partial charge in [0.2, 0.25) is 0 Å². The fraction of sp³-hybridized carbons (Fsp3) is 0.